The molecule has 11 nitrogen and oxygen atoms in total. The topological polar surface area (TPSA) is 182 Å². The van der Waals surface area contributed by atoms with E-state index in [9.17, 15) is 19.5 Å². The Labute approximate surface area is 203 Å². The number of hydrogen-bond donors (Lipinski definition) is 6. The Kier molecular flexibility index (Phi) is 9.88. The van der Waals surface area contributed by atoms with E-state index in [1.165, 1.54) is 0 Å². The minimum atomic E-state index is -1.39. The van der Waals surface area contributed by atoms with Gasteiger partial charge in [-0.15, -0.1) is 5.11 Å². The number of carbonyl (C=O) groups is 3. The van der Waals surface area contributed by atoms with Crippen LogP contribution in [-0.4, -0.2) is 47.1 Å². The van der Waals surface area contributed by atoms with Crippen LogP contribution in [0.3, 0.4) is 0 Å². The normalized spacial score (nSPS) is 13.5. The lowest BCUT2D eigenvalue weighted by molar-refractivity contribution is -0.142. The Bertz CT molecular complexity index is 1090. The molecule has 0 aliphatic heterocycles. The predicted molar refractivity (Wildman–Crippen MR) is 132 cm³/mol. The minimum Gasteiger partial charge on any atom is -0.480 e. The molecule has 11 heteroatoms. The summed E-state index contributed by atoms with van der Waals surface area (Å²) in [7, 11) is 0. The van der Waals surface area contributed by atoms with E-state index in [0.29, 0.717) is 5.69 Å². The van der Waals surface area contributed by atoms with E-state index >= 15 is 0 Å². The third kappa shape index (κ3) is 8.22. The van der Waals surface area contributed by atoms with Crippen molar-refractivity contribution in [3.63, 3.8) is 0 Å². The van der Waals surface area contributed by atoms with Gasteiger partial charge in [0, 0.05) is 6.42 Å². The zero-order chi connectivity index (χ0) is 26.0. The van der Waals surface area contributed by atoms with Crippen molar-refractivity contribution in [2.24, 2.45) is 16.0 Å². The standard InChI is InChI=1S/C24H31N7O4/c1-4-17(27-23(25)26)20(22(33)34)29-21(32)19(13-16-10-6-5-7-11-16)28-24(35)31-30-18-12-8-9-14(2)15(18)3/h5-12,17,19-20H,4,13H2,1-3H3,(H,28,35)(H,29,32)(H,33,34)(H4,25,26,27)/b31-30+. The Morgan fingerprint density at radius 3 is 2.31 bits per heavy atom. The van der Waals surface area contributed by atoms with E-state index in [2.05, 4.69) is 26.2 Å². The van der Waals surface area contributed by atoms with Crippen LogP contribution in [0.5, 0.6) is 0 Å². The average Bonchev–Trinajstić information content (AvgIpc) is 2.82. The van der Waals surface area contributed by atoms with Gasteiger partial charge in [-0.2, -0.15) is 0 Å². The quantitative estimate of drug-likeness (QED) is 0.172. The average molecular weight is 482 g/mol. The molecule has 3 amide bonds. The van der Waals surface area contributed by atoms with Gasteiger partial charge in [0.25, 0.3) is 0 Å². The molecule has 2 aromatic carbocycles. The molecule has 3 unspecified atom stereocenters. The number of urea groups is 1. The molecule has 0 heterocycles. The lowest BCUT2D eigenvalue weighted by Gasteiger charge is -2.27. The number of benzene rings is 2. The van der Waals surface area contributed by atoms with Crippen molar-refractivity contribution >= 4 is 29.6 Å². The molecule has 7 N–H and O–H groups in total. The fourth-order valence-electron chi connectivity index (χ4n) is 3.39. The summed E-state index contributed by atoms with van der Waals surface area (Å²) in [4.78, 5) is 37.5. The number of hydrogen-bond acceptors (Lipinski definition) is 5. The van der Waals surface area contributed by atoms with E-state index in [1.807, 2.05) is 26.0 Å². The first-order valence-corrected chi connectivity index (χ1v) is 11.1. The predicted octanol–water partition coefficient (Wildman–Crippen LogP) is 2.54. The number of nitrogens with zero attached hydrogens (tertiary/aromatic N) is 2. The summed E-state index contributed by atoms with van der Waals surface area (Å²) in [6.45, 7) is 5.47. The first-order valence-electron chi connectivity index (χ1n) is 11.1. The van der Waals surface area contributed by atoms with Crippen molar-refractivity contribution in [2.45, 2.75) is 51.7 Å². The van der Waals surface area contributed by atoms with E-state index < -0.39 is 42.0 Å². The van der Waals surface area contributed by atoms with Crippen LogP contribution in [0.4, 0.5) is 10.5 Å². The number of azo groups is 1. The molecular formula is C24H31N7O4. The van der Waals surface area contributed by atoms with Gasteiger partial charge in [-0.3, -0.25) is 10.2 Å². The number of guanidine groups is 1. The van der Waals surface area contributed by atoms with Gasteiger partial charge in [0.2, 0.25) is 5.91 Å². The fraction of sp³-hybridized carbons (Fsp3) is 0.333. The van der Waals surface area contributed by atoms with E-state index in [4.69, 9.17) is 11.1 Å². The summed E-state index contributed by atoms with van der Waals surface area (Å²) in [6, 6.07) is 10.2. The molecule has 0 aromatic heterocycles. The van der Waals surface area contributed by atoms with Crippen LogP contribution in [0.1, 0.15) is 30.0 Å². The van der Waals surface area contributed by atoms with E-state index in [-0.39, 0.29) is 12.8 Å². The lowest BCUT2D eigenvalue weighted by atomic mass is 10.0. The van der Waals surface area contributed by atoms with Crippen LogP contribution < -0.4 is 21.7 Å². The van der Waals surface area contributed by atoms with Gasteiger partial charge in [-0.05, 0) is 43.0 Å². The van der Waals surface area contributed by atoms with Crippen molar-refractivity contribution in [1.29, 1.82) is 5.41 Å². The molecule has 0 radical (unpaired) electrons. The zero-order valence-electron chi connectivity index (χ0n) is 19.9. The minimum absolute atomic E-state index is 0.0979. The fourth-order valence-corrected chi connectivity index (χ4v) is 3.39. The molecule has 35 heavy (non-hydrogen) atoms. The molecule has 2 aromatic rings. The Balaban J connectivity index is 2.23. The largest absolute Gasteiger partial charge is 0.480 e. The van der Waals surface area contributed by atoms with Crippen LogP contribution >= 0.6 is 0 Å². The van der Waals surface area contributed by atoms with Gasteiger partial charge in [0.1, 0.15) is 12.1 Å². The third-order valence-electron chi connectivity index (χ3n) is 5.47. The number of aliphatic carboxylic acids is 1. The van der Waals surface area contributed by atoms with Gasteiger partial charge < -0.3 is 26.8 Å². The molecule has 0 aliphatic carbocycles. The number of carbonyl (C=O) groups excluding carboxylic acids is 2. The van der Waals surface area contributed by atoms with E-state index in [0.717, 1.165) is 16.7 Å². The number of nitrogens with two attached hydrogens (primary N) is 1. The maximum absolute atomic E-state index is 13.1. The van der Waals surface area contributed by atoms with Crippen LogP contribution in [0, 0.1) is 19.3 Å². The van der Waals surface area contributed by atoms with Crippen LogP contribution in [0.2, 0.25) is 0 Å². The van der Waals surface area contributed by atoms with Crippen molar-refractivity contribution in [3.05, 3.63) is 65.2 Å². The highest BCUT2D eigenvalue weighted by molar-refractivity contribution is 5.91. The Hall–Kier alpha value is -4.28. The molecule has 0 spiro atoms. The molecule has 0 bridgehead atoms. The lowest BCUT2D eigenvalue weighted by Crippen LogP contribution is -2.59. The van der Waals surface area contributed by atoms with Gasteiger partial charge >= 0.3 is 12.0 Å². The second-order valence-corrected chi connectivity index (χ2v) is 8.01. The Morgan fingerprint density at radius 2 is 1.71 bits per heavy atom. The molecule has 186 valence electrons. The van der Waals surface area contributed by atoms with Crippen LogP contribution in [-0.2, 0) is 16.0 Å². The number of amides is 3. The summed E-state index contributed by atoms with van der Waals surface area (Å²) in [5.41, 5.74) is 8.49. The molecule has 0 saturated carbocycles. The van der Waals surface area contributed by atoms with Crippen LogP contribution in [0.15, 0.2) is 58.8 Å². The molecule has 3 atom stereocenters. The summed E-state index contributed by atoms with van der Waals surface area (Å²) in [5, 5.41) is 32.2. The Morgan fingerprint density at radius 1 is 1.03 bits per heavy atom. The molecular weight excluding hydrogens is 450 g/mol. The highest BCUT2D eigenvalue weighted by atomic mass is 16.4. The molecule has 2 rings (SSSR count). The molecule has 0 saturated heterocycles. The molecule has 0 fully saturated rings. The van der Waals surface area contributed by atoms with Crippen molar-refractivity contribution in [1.82, 2.24) is 16.0 Å². The third-order valence-corrected chi connectivity index (χ3v) is 5.47. The molecule has 0 aliphatic rings. The van der Waals surface area contributed by atoms with Gasteiger partial charge in [-0.25, -0.2) is 9.59 Å². The number of rotatable bonds is 10. The van der Waals surface area contributed by atoms with Crippen molar-refractivity contribution in [3.8, 4) is 0 Å². The maximum atomic E-state index is 13.1. The monoisotopic (exact) mass is 481 g/mol. The van der Waals surface area contributed by atoms with Gasteiger partial charge in [0.15, 0.2) is 5.96 Å². The maximum Gasteiger partial charge on any atom is 0.360 e. The summed E-state index contributed by atoms with van der Waals surface area (Å²) in [6.07, 6.45) is 0.372. The summed E-state index contributed by atoms with van der Waals surface area (Å²) < 4.78 is 0. The SMILES string of the molecule is CCC(NC(=N)N)C(NC(=O)C(Cc1ccccc1)NC(=O)/N=N/c1cccc(C)c1C)C(=O)O. The van der Waals surface area contributed by atoms with Gasteiger partial charge in [0.05, 0.1) is 11.7 Å². The highest BCUT2D eigenvalue weighted by Gasteiger charge is 2.32. The second kappa shape index (κ2) is 12.8. The zero-order valence-corrected chi connectivity index (χ0v) is 19.9. The smallest absolute Gasteiger partial charge is 0.360 e. The van der Waals surface area contributed by atoms with Crippen molar-refractivity contribution in [2.75, 3.05) is 0 Å². The number of carboxylic acid groups (broad SMARTS) is 1. The number of carboxylic acids is 1. The number of nitrogens with one attached hydrogen (secondary N) is 4. The summed E-state index contributed by atoms with van der Waals surface area (Å²) >= 11 is 0. The first kappa shape index (κ1) is 27.0. The highest BCUT2D eigenvalue weighted by Crippen LogP contribution is 2.21. The van der Waals surface area contributed by atoms with E-state index in [1.54, 1.807) is 43.3 Å². The van der Waals surface area contributed by atoms with Crippen molar-refractivity contribution < 1.29 is 19.5 Å². The van der Waals surface area contributed by atoms with Crippen LogP contribution in [0.25, 0.3) is 0 Å². The van der Waals surface area contributed by atoms with Gasteiger partial charge in [-0.1, -0.05) is 54.5 Å². The summed E-state index contributed by atoms with van der Waals surface area (Å²) in [5.74, 6) is -2.45. The first-order chi connectivity index (χ1) is 16.6. The second-order valence-electron chi connectivity index (χ2n) is 8.01. The number of aryl methyl sites for hydroxylation is 1.